The van der Waals surface area contributed by atoms with Gasteiger partial charge in [-0.1, -0.05) is 0 Å². The van der Waals surface area contributed by atoms with Gasteiger partial charge in [-0.15, -0.1) is 0 Å². The Labute approximate surface area is 154 Å². The molecule has 2 N–H and O–H groups in total. The fourth-order valence-electron chi connectivity index (χ4n) is 2.47. The number of urea groups is 1. The zero-order valence-electron chi connectivity index (χ0n) is 15.7. The van der Waals surface area contributed by atoms with Crippen molar-refractivity contribution in [2.24, 2.45) is 5.92 Å². The van der Waals surface area contributed by atoms with Crippen LogP contribution < -0.4 is 15.4 Å². The van der Waals surface area contributed by atoms with E-state index in [1.807, 2.05) is 12.1 Å². The van der Waals surface area contributed by atoms with Gasteiger partial charge in [0.2, 0.25) is 0 Å². The molecule has 144 valence electrons. The lowest BCUT2D eigenvalue weighted by Gasteiger charge is -2.22. The lowest BCUT2D eigenvalue weighted by Crippen LogP contribution is -2.36. The quantitative estimate of drug-likeness (QED) is 0.758. The maximum atomic E-state index is 11.8. The maximum absolute atomic E-state index is 11.8. The van der Waals surface area contributed by atoms with Gasteiger partial charge >= 0.3 is 12.0 Å². The Balaban J connectivity index is 1.70. The maximum Gasteiger partial charge on any atom is 0.325 e. The van der Waals surface area contributed by atoms with E-state index in [-0.39, 0.29) is 6.54 Å². The molecule has 7 heteroatoms. The van der Waals surface area contributed by atoms with Gasteiger partial charge in [-0.05, 0) is 63.8 Å². The number of ether oxygens (including phenoxy) is 3. The number of benzene rings is 1. The molecule has 0 unspecified atom stereocenters. The molecule has 1 fully saturated rings. The molecule has 1 aliphatic rings. The summed E-state index contributed by atoms with van der Waals surface area (Å²) in [5.41, 5.74) is 0.0421. The number of esters is 1. The van der Waals surface area contributed by atoms with Crippen LogP contribution in [0.2, 0.25) is 0 Å². The van der Waals surface area contributed by atoms with Crippen LogP contribution >= 0.6 is 0 Å². The van der Waals surface area contributed by atoms with E-state index in [0.717, 1.165) is 31.8 Å². The molecular formula is C19H28N2O5. The molecule has 0 spiro atoms. The van der Waals surface area contributed by atoms with Crippen molar-refractivity contribution in [3.8, 4) is 5.75 Å². The highest BCUT2D eigenvalue weighted by molar-refractivity contribution is 5.91. The summed E-state index contributed by atoms with van der Waals surface area (Å²) in [5, 5.41) is 5.13. The molecule has 1 aromatic rings. The van der Waals surface area contributed by atoms with Gasteiger partial charge in [-0.25, -0.2) is 4.79 Å². The topological polar surface area (TPSA) is 85.9 Å². The Bertz CT molecular complexity index is 589. The summed E-state index contributed by atoms with van der Waals surface area (Å²) in [6, 6.07) is 6.66. The van der Waals surface area contributed by atoms with E-state index in [1.54, 1.807) is 32.9 Å². The molecule has 0 radical (unpaired) electrons. The predicted molar refractivity (Wildman–Crippen MR) is 98.3 cm³/mol. The number of rotatable bonds is 6. The number of amides is 2. The largest absolute Gasteiger partial charge is 0.493 e. The summed E-state index contributed by atoms with van der Waals surface area (Å²) in [5.74, 6) is 0.806. The average molecular weight is 364 g/mol. The fourth-order valence-corrected chi connectivity index (χ4v) is 2.47. The Kier molecular flexibility index (Phi) is 7.26. The molecule has 1 saturated heterocycles. The Hall–Kier alpha value is -2.28. The summed E-state index contributed by atoms with van der Waals surface area (Å²) in [6.07, 6.45) is 2.05. The van der Waals surface area contributed by atoms with E-state index in [0.29, 0.717) is 18.2 Å². The van der Waals surface area contributed by atoms with Crippen LogP contribution in [0.1, 0.15) is 33.6 Å². The molecule has 26 heavy (non-hydrogen) atoms. The second kappa shape index (κ2) is 9.43. The van der Waals surface area contributed by atoms with Crippen molar-refractivity contribution in [3.63, 3.8) is 0 Å². The van der Waals surface area contributed by atoms with Crippen molar-refractivity contribution in [2.75, 3.05) is 31.7 Å². The Morgan fingerprint density at radius 2 is 1.81 bits per heavy atom. The highest BCUT2D eigenvalue weighted by Crippen LogP contribution is 2.19. The van der Waals surface area contributed by atoms with E-state index in [9.17, 15) is 9.59 Å². The smallest absolute Gasteiger partial charge is 0.325 e. The van der Waals surface area contributed by atoms with Crippen LogP contribution in [0.15, 0.2) is 24.3 Å². The number of nitrogens with one attached hydrogen (secondary N) is 2. The van der Waals surface area contributed by atoms with Gasteiger partial charge in [0.05, 0.1) is 6.61 Å². The highest BCUT2D eigenvalue weighted by Gasteiger charge is 2.17. The van der Waals surface area contributed by atoms with Crippen molar-refractivity contribution in [1.29, 1.82) is 0 Å². The van der Waals surface area contributed by atoms with Crippen LogP contribution in [0, 0.1) is 5.92 Å². The van der Waals surface area contributed by atoms with E-state index in [1.165, 1.54) is 0 Å². The predicted octanol–water partition coefficient (Wildman–Crippen LogP) is 2.96. The first kappa shape index (κ1) is 20.0. The number of anilines is 1. The second-order valence-electron chi connectivity index (χ2n) is 7.29. The van der Waals surface area contributed by atoms with E-state index >= 15 is 0 Å². The molecule has 1 aromatic carbocycles. The summed E-state index contributed by atoms with van der Waals surface area (Å²) < 4.78 is 16.2. The minimum Gasteiger partial charge on any atom is -0.493 e. The highest BCUT2D eigenvalue weighted by atomic mass is 16.6. The van der Waals surface area contributed by atoms with Crippen LogP contribution in [0.3, 0.4) is 0 Å². The monoisotopic (exact) mass is 364 g/mol. The number of carbonyl (C=O) groups is 2. The van der Waals surface area contributed by atoms with Crippen molar-refractivity contribution in [1.82, 2.24) is 5.32 Å². The normalized spacial score (nSPS) is 15.2. The Morgan fingerprint density at radius 1 is 1.15 bits per heavy atom. The lowest BCUT2D eigenvalue weighted by molar-refractivity contribution is -0.153. The molecular weight excluding hydrogens is 336 g/mol. The zero-order chi connectivity index (χ0) is 19.0. The van der Waals surface area contributed by atoms with Gasteiger partial charge in [0.1, 0.15) is 17.9 Å². The number of hydrogen-bond donors (Lipinski definition) is 2. The first-order valence-electron chi connectivity index (χ1n) is 8.89. The van der Waals surface area contributed by atoms with Crippen LogP contribution in [0.5, 0.6) is 5.75 Å². The summed E-state index contributed by atoms with van der Waals surface area (Å²) >= 11 is 0. The summed E-state index contributed by atoms with van der Waals surface area (Å²) in [4.78, 5) is 23.4. The van der Waals surface area contributed by atoms with E-state index in [4.69, 9.17) is 14.2 Å². The van der Waals surface area contributed by atoms with Crippen LogP contribution in [0.4, 0.5) is 10.5 Å². The van der Waals surface area contributed by atoms with Gasteiger partial charge in [-0.3, -0.25) is 4.79 Å². The van der Waals surface area contributed by atoms with Gasteiger partial charge < -0.3 is 24.8 Å². The first-order chi connectivity index (χ1) is 12.3. The molecule has 1 aliphatic heterocycles. The van der Waals surface area contributed by atoms with Gasteiger partial charge in [0, 0.05) is 18.9 Å². The SMILES string of the molecule is CC(C)(C)OC(=O)CNC(=O)Nc1ccc(OCC2CCOCC2)cc1. The van der Waals surface area contributed by atoms with Gasteiger partial charge in [0.25, 0.3) is 0 Å². The van der Waals surface area contributed by atoms with Crippen LogP contribution in [-0.2, 0) is 14.3 Å². The van der Waals surface area contributed by atoms with Crippen molar-refractivity contribution in [2.45, 2.75) is 39.2 Å². The molecule has 0 aromatic heterocycles. The molecule has 7 nitrogen and oxygen atoms in total. The molecule has 1 heterocycles. The average Bonchev–Trinajstić information content (AvgIpc) is 2.59. The molecule has 0 bridgehead atoms. The standard InChI is InChI=1S/C19H28N2O5/c1-19(2,3)26-17(22)12-20-18(23)21-15-4-6-16(7-5-15)25-13-14-8-10-24-11-9-14/h4-7,14H,8-13H2,1-3H3,(H2,20,21,23). The van der Waals surface area contributed by atoms with Gasteiger partial charge in [-0.2, -0.15) is 0 Å². The molecule has 2 rings (SSSR count). The minimum atomic E-state index is -0.574. The summed E-state index contributed by atoms with van der Waals surface area (Å²) in [6.45, 7) is 7.41. The van der Waals surface area contributed by atoms with Gasteiger partial charge in [0.15, 0.2) is 0 Å². The first-order valence-corrected chi connectivity index (χ1v) is 8.89. The van der Waals surface area contributed by atoms with Crippen molar-refractivity contribution in [3.05, 3.63) is 24.3 Å². The molecule has 2 amide bonds. The van der Waals surface area contributed by atoms with E-state index < -0.39 is 17.6 Å². The third kappa shape index (κ3) is 7.74. The second-order valence-corrected chi connectivity index (χ2v) is 7.29. The zero-order valence-corrected chi connectivity index (χ0v) is 15.7. The fraction of sp³-hybridized carbons (Fsp3) is 0.579. The third-order valence-electron chi connectivity index (χ3n) is 3.75. The number of hydrogen-bond acceptors (Lipinski definition) is 5. The molecule has 0 aliphatic carbocycles. The molecule has 0 saturated carbocycles. The third-order valence-corrected chi connectivity index (χ3v) is 3.75. The minimum absolute atomic E-state index is 0.185. The van der Waals surface area contributed by atoms with E-state index in [2.05, 4.69) is 10.6 Å². The summed E-state index contributed by atoms with van der Waals surface area (Å²) in [7, 11) is 0. The van der Waals surface area contributed by atoms with Crippen molar-refractivity contribution >= 4 is 17.7 Å². The lowest BCUT2D eigenvalue weighted by atomic mass is 10.0. The number of carbonyl (C=O) groups excluding carboxylic acids is 2. The molecule has 0 atom stereocenters. The van der Waals surface area contributed by atoms with Crippen LogP contribution in [-0.4, -0.2) is 44.0 Å². The van der Waals surface area contributed by atoms with Crippen molar-refractivity contribution < 1.29 is 23.8 Å². The van der Waals surface area contributed by atoms with Crippen LogP contribution in [0.25, 0.3) is 0 Å². The Morgan fingerprint density at radius 3 is 2.42 bits per heavy atom.